The summed E-state index contributed by atoms with van der Waals surface area (Å²) >= 11 is 5.82. The van der Waals surface area contributed by atoms with Crippen LogP contribution in [0.2, 0.25) is 5.02 Å². The first-order valence-electron chi connectivity index (χ1n) is 5.79. The smallest absolute Gasteiger partial charge is 0.259 e. The Morgan fingerprint density at radius 1 is 1.42 bits per heavy atom. The molecule has 1 amide bonds. The Morgan fingerprint density at radius 3 is 2.58 bits per heavy atom. The number of benzene rings is 1. The van der Waals surface area contributed by atoms with Gasteiger partial charge in [0.2, 0.25) is 0 Å². The van der Waals surface area contributed by atoms with Crippen LogP contribution in [0.1, 0.15) is 21.6 Å². The van der Waals surface area contributed by atoms with Gasteiger partial charge in [-0.2, -0.15) is 5.10 Å². The standard InChI is InChI=1S/C13H15ClN4O/c1-8-11(12(15)17-16-8)13(19)18(2)7-9-3-5-10(14)6-4-9/h3-6H,7H2,1-2H3,(H3,15,16,17). The number of nitrogen functional groups attached to an aromatic ring is 1. The van der Waals surface area contributed by atoms with Crippen molar-refractivity contribution in [3.8, 4) is 0 Å². The van der Waals surface area contributed by atoms with Crippen molar-refractivity contribution in [1.29, 1.82) is 0 Å². The molecule has 0 saturated heterocycles. The second-order valence-electron chi connectivity index (χ2n) is 4.40. The van der Waals surface area contributed by atoms with Gasteiger partial charge in [0, 0.05) is 24.3 Å². The highest BCUT2D eigenvalue weighted by Gasteiger charge is 2.19. The zero-order valence-corrected chi connectivity index (χ0v) is 11.5. The van der Waals surface area contributed by atoms with E-state index in [2.05, 4.69) is 10.2 Å². The lowest BCUT2D eigenvalue weighted by Crippen LogP contribution is -2.27. The van der Waals surface area contributed by atoms with Gasteiger partial charge >= 0.3 is 0 Å². The van der Waals surface area contributed by atoms with Crippen LogP contribution in [0.15, 0.2) is 24.3 Å². The maximum atomic E-state index is 12.3. The van der Waals surface area contributed by atoms with Crippen molar-refractivity contribution in [2.75, 3.05) is 12.8 Å². The molecular formula is C13H15ClN4O. The van der Waals surface area contributed by atoms with Gasteiger partial charge in [-0.25, -0.2) is 0 Å². The molecule has 0 bridgehead atoms. The molecule has 5 nitrogen and oxygen atoms in total. The van der Waals surface area contributed by atoms with E-state index in [4.69, 9.17) is 17.3 Å². The maximum Gasteiger partial charge on any atom is 0.259 e. The zero-order chi connectivity index (χ0) is 14.0. The highest BCUT2D eigenvalue weighted by Crippen LogP contribution is 2.17. The number of carbonyl (C=O) groups excluding carboxylic acids is 1. The Hall–Kier alpha value is -2.01. The SMILES string of the molecule is Cc1[nH]nc(N)c1C(=O)N(C)Cc1ccc(Cl)cc1. The lowest BCUT2D eigenvalue weighted by molar-refractivity contribution is 0.0785. The normalized spacial score (nSPS) is 10.5. The van der Waals surface area contributed by atoms with E-state index < -0.39 is 0 Å². The number of H-pyrrole nitrogens is 1. The fourth-order valence-corrected chi connectivity index (χ4v) is 1.97. The highest BCUT2D eigenvalue weighted by molar-refractivity contribution is 6.30. The van der Waals surface area contributed by atoms with Crippen LogP contribution < -0.4 is 5.73 Å². The lowest BCUT2D eigenvalue weighted by atomic mass is 10.2. The number of amides is 1. The van der Waals surface area contributed by atoms with Crippen molar-refractivity contribution in [1.82, 2.24) is 15.1 Å². The number of aromatic nitrogens is 2. The van der Waals surface area contributed by atoms with E-state index in [0.29, 0.717) is 22.8 Å². The van der Waals surface area contributed by atoms with E-state index in [1.54, 1.807) is 31.0 Å². The predicted molar refractivity (Wildman–Crippen MR) is 75.0 cm³/mol. The molecule has 1 aromatic heterocycles. The first-order valence-corrected chi connectivity index (χ1v) is 6.17. The minimum Gasteiger partial charge on any atom is -0.382 e. The van der Waals surface area contributed by atoms with Gasteiger partial charge in [-0.15, -0.1) is 0 Å². The number of aryl methyl sites for hydroxylation is 1. The Bertz CT molecular complexity index is 572. The summed E-state index contributed by atoms with van der Waals surface area (Å²) in [6.07, 6.45) is 0. The molecular weight excluding hydrogens is 264 g/mol. The van der Waals surface area contributed by atoms with Crippen LogP contribution in [0.4, 0.5) is 5.82 Å². The lowest BCUT2D eigenvalue weighted by Gasteiger charge is -2.17. The quantitative estimate of drug-likeness (QED) is 0.904. The Labute approximate surface area is 116 Å². The van der Waals surface area contributed by atoms with Gasteiger partial charge < -0.3 is 10.6 Å². The number of aromatic amines is 1. The number of carbonyl (C=O) groups is 1. The van der Waals surface area contributed by atoms with Crippen LogP contribution in [0.3, 0.4) is 0 Å². The molecule has 0 atom stereocenters. The molecule has 0 aliphatic carbocycles. The number of anilines is 1. The van der Waals surface area contributed by atoms with Gasteiger partial charge in [-0.3, -0.25) is 9.89 Å². The molecule has 0 aliphatic rings. The molecule has 1 heterocycles. The zero-order valence-electron chi connectivity index (χ0n) is 10.8. The molecule has 19 heavy (non-hydrogen) atoms. The maximum absolute atomic E-state index is 12.3. The van der Waals surface area contributed by atoms with Crippen molar-refractivity contribution in [2.24, 2.45) is 0 Å². The van der Waals surface area contributed by atoms with Gasteiger partial charge in [0.05, 0.1) is 0 Å². The first kappa shape index (κ1) is 13.4. The van der Waals surface area contributed by atoms with Crippen molar-refractivity contribution < 1.29 is 4.79 Å². The summed E-state index contributed by atoms with van der Waals surface area (Å²) in [5.41, 5.74) is 7.79. The fourth-order valence-electron chi connectivity index (χ4n) is 1.84. The summed E-state index contributed by atoms with van der Waals surface area (Å²) in [5, 5.41) is 7.20. The van der Waals surface area contributed by atoms with E-state index in [1.165, 1.54) is 0 Å². The summed E-state index contributed by atoms with van der Waals surface area (Å²) in [4.78, 5) is 13.9. The highest BCUT2D eigenvalue weighted by atomic mass is 35.5. The predicted octanol–water partition coefficient (Wildman–Crippen LogP) is 2.23. The molecule has 0 fully saturated rings. The van der Waals surface area contributed by atoms with Crippen LogP contribution >= 0.6 is 11.6 Å². The average Bonchev–Trinajstić information content (AvgIpc) is 2.71. The number of halogens is 1. The van der Waals surface area contributed by atoms with Crippen molar-refractivity contribution in [3.05, 3.63) is 46.1 Å². The first-order chi connectivity index (χ1) is 8.99. The van der Waals surface area contributed by atoms with Gasteiger partial charge in [0.25, 0.3) is 5.91 Å². The molecule has 0 unspecified atom stereocenters. The Balaban J connectivity index is 2.14. The van der Waals surface area contributed by atoms with Crippen molar-refractivity contribution >= 4 is 23.3 Å². The van der Waals surface area contributed by atoms with E-state index >= 15 is 0 Å². The van der Waals surface area contributed by atoms with Crippen LogP contribution in [0.25, 0.3) is 0 Å². The van der Waals surface area contributed by atoms with Gasteiger partial charge in [-0.1, -0.05) is 23.7 Å². The largest absolute Gasteiger partial charge is 0.382 e. The molecule has 1 aromatic carbocycles. The van der Waals surface area contributed by atoms with E-state index in [-0.39, 0.29) is 11.7 Å². The third-order valence-corrected chi connectivity index (χ3v) is 3.12. The molecule has 2 aromatic rings. The third-order valence-electron chi connectivity index (χ3n) is 2.87. The van der Waals surface area contributed by atoms with Crippen molar-refractivity contribution in [3.63, 3.8) is 0 Å². The summed E-state index contributed by atoms with van der Waals surface area (Å²) in [7, 11) is 1.73. The summed E-state index contributed by atoms with van der Waals surface area (Å²) in [6, 6.07) is 7.37. The summed E-state index contributed by atoms with van der Waals surface area (Å²) in [6.45, 7) is 2.26. The van der Waals surface area contributed by atoms with Gasteiger partial charge in [0.1, 0.15) is 5.56 Å². The third kappa shape index (κ3) is 2.88. The van der Waals surface area contributed by atoms with E-state index in [0.717, 1.165) is 5.56 Å². The molecule has 0 radical (unpaired) electrons. The number of nitrogens with two attached hydrogens (primary N) is 1. The minimum absolute atomic E-state index is 0.154. The second-order valence-corrected chi connectivity index (χ2v) is 4.83. The average molecular weight is 279 g/mol. The van der Waals surface area contributed by atoms with E-state index in [9.17, 15) is 4.79 Å². The summed E-state index contributed by atoms with van der Waals surface area (Å²) in [5.74, 6) is 0.0733. The van der Waals surface area contributed by atoms with E-state index in [1.807, 2.05) is 12.1 Å². The number of nitrogens with zero attached hydrogens (tertiary/aromatic N) is 2. The fraction of sp³-hybridized carbons (Fsp3) is 0.231. The number of hydrogen-bond acceptors (Lipinski definition) is 3. The molecule has 3 N–H and O–H groups in total. The monoisotopic (exact) mass is 278 g/mol. The number of nitrogens with one attached hydrogen (secondary N) is 1. The Morgan fingerprint density at radius 2 is 2.05 bits per heavy atom. The molecule has 0 saturated carbocycles. The van der Waals surface area contributed by atoms with Crippen LogP contribution in [-0.2, 0) is 6.54 Å². The van der Waals surface area contributed by atoms with Crippen LogP contribution in [0, 0.1) is 6.92 Å². The second kappa shape index (κ2) is 5.32. The van der Waals surface area contributed by atoms with Crippen LogP contribution in [0.5, 0.6) is 0 Å². The summed E-state index contributed by atoms with van der Waals surface area (Å²) < 4.78 is 0. The molecule has 100 valence electrons. The number of rotatable bonds is 3. The minimum atomic E-state index is -0.154. The number of hydrogen-bond donors (Lipinski definition) is 2. The van der Waals surface area contributed by atoms with Crippen LogP contribution in [-0.4, -0.2) is 28.1 Å². The topological polar surface area (TPSA) is 75.0 Å². The van der Waals surface area contributed by atoms with Crippen molar-refractivity contribution in [2.45, 2.75) is 13.5 Å². The molecule has 6 heteroatoms. The Kier molecular flexibility index (Phi) is 3.76. The van der Waals surface area contributed by atoms with Gasteiger partial charge in [0.15, 0.2) is 5.82 Å². The van der Waals surface area contributed by atoms with Gasteiger partial charge in [-0.05, 0) is 24.6 Å². The molecule has 0 spiro atoms. The molecule has 0 aliphatic heterocycles. The molecule has 2 rings (SSSR count).